The number of carbonyl (C=O) groups is 1. The highest BCUT2D eigenvalue weighted by molar-refractivity contribution is 7.91. The minimum Gasteiger partial charge on any atom is -0.322 e. The van der Waals surface area contributed by atoms with Crippen molar-refractivity contribution in [3.05, 3.63) is 35.4 Å². The average Bonchev–Trinajstić information content (AvgIpc) is 2.90. The van der Waals surface area contributed by atoms with E-state index in [0.717, 1.165) is 11.2 Å². The molecule has 0 radical (unpaired) electrons. The summed E-state index contributed by atoms with van der Waals surface area (Å²) in [4.78, 5) is 15.1. The second-order valence-electron chi connectivity index (χ2n) is 9.01. The van der Waals surface area contributed by atoms with Crippen LogP contribution in [0.25, 0.3) is 0 Å². The van der Waals surface area contributed by atoms with Gasteiger partial charge in [-0.3, -0.25) is 18.8 Å². The molecule has 2 rings (SSSR count). The molecule has 3 N–H and O–H groups in total. The number of hydrogen-bond acceptors (Lipinski definition) is 12. The Morgan fingerprint density at radius 1 is 1.07 bits per heavy atom. The van der Waals surface area contributed by atoms with Gasteiger partial charge in [0.1, 0.15) is 6.34 Å². The van der Waals surface area contributed by atoms with Gasteiger partial charge in [0.15, 0.2) is 15.2 Å². The Kier molecular flexibility index (Phi) is 13.4. The number of nitrogens with one attached hydrogen (secondary N) is 1. The summed E-state index contributed by atoms with van der Waals surface area (Å²) >= 11 is 0. The molecule has 0 aliphatic carbocycles. The van der Waals surface area contributed by atoms with Gasteiger partial charge in [-0.05, 0) is 52.3 Å². The van der Waals surface area contributed by atoms with Crippen LogP contribution in [-0.2, 0) is 37.1 Å². The molecule has 1 amide bonds. The lowest BCUT2D eigenvalue weighted by atomic mass is 9.86. The Labute approximate surface area is 237 Å². The second kappa shape index (κ2) is 15.6. The van der Waals surface area contributed by atoms with Crippen LogP contribution in [0.2, 0.25) is 0 Å². The van der Waals surface area contributed by atoms with Crippen LogP contribution in [0.15, 0.2) is 29.4 Å². The third-order valence-corrected chi connectivity index (χ3v) is 13.9. The normalized spacial score (nSPS) is 18.9. The monoisotopic (exact) mass is 624 g/mol. The molecule has 16 heteroatoms. The Morgan fingerprint density at radius 3 is 2.08 bits per heavy atom. The van der Waals surface area contributed by atoms with E-state index in [1.165, 1.54) is 6.26 Å². The lowest BCUT2D eigenvalue weighted by Gasteiger charge is -2.34. The van der Waals surface area contributed by atoms with Crippen molar-refractivity contribution in [1.82, 2.24) is 10.2 Å². The Balaban J connectivity index is 2.64. The highest BCUT2D eigenvalue weighted by atomic mass is 32.2. The molecular weight excluding hydrogens is 582 g/mol. The van der Waals surface area contributed by atoms with Crippen LogP contribution in [0.1, 0.15) is 56.0 Å². The Hall–Kier alpha value is -1.63. The number of nitrogens with two attached hydrogens (primary N) is 1. The molecule has 1 saturated heterocycles. The maximum atomic E-state index is 14.0. The van der Waals surface area contributed by atoms with E-state index in [4.69, 9.17) is 23.9 Å². The van der Waals surface area contributed by atoms with Gasteiger partial charge in [-0.15, -0.1) is 0 Å². The van der Waals surface area contributed by atoms with Crippen molar-refractivity contribution in [2.45, 2.75) is 50.7 Å². The highest BCUT2D eigenvalue weighted by Gasteiger charge is 2.52. The number of piperidine rings is 1. The van der Waals surface area contributed by atoms with Crippen molar-refractivity contribution < 1.29 is 40.4 Å². The molecule has 1 aliphatic heterocycles. The number of hydrazone groups is 1. The predicted molar refractivity (Wildman–Crippen MR) is 155 cm³/mol. The summed E-state index contributed by atoms with van der Waals surface area (Å²) in [6, 6.07) is 6.67. The zero-order valence-corrected chi connectivity index (χ0v) is 26.3. The SMILES string of the molecule is CCOP(=O)(OCC)C(CN(C=NN)C(=O)c1ccccc1C1CCNCC1S(C)(=O)=O)P(=O)(OCC)OCC. The molecule has 1 fully saturated rings. The van der Waals surface area contributed by atoms with E-state index >= 15 is 0 Å². The van der Waals surface area contributed by atoms with Crippen LogP contribution >= 0.6 is 15.2 Å². The first kappa shape index (κ1) is 34.6. The molecule has 13 nitrogen and oxygen atoms in total. The molecule has 0 saturated carbocycles. The second-order valence-corrected chi connectivity index (χ2v) is 16.1. The third-order valence-electron chi connectivity index (χ3n) is 6.36. The number of benzene rings is 1. The summed E-state index contributed by atoms with van der Waals surface area (Å²) in [5, 5.41) is 4.35. The molecule has 40 heavy (non-hydrogen) atoms. The predicted octanol–water partition coefficient (Wildman–Crippen LogP) is 3.38. The fourth-order valence-corrected chi connectivity index (χ4v) is 11.3. The average molecular weight is 625 g/mol. The summed E-state index contributed by atoms with van der Waals surface area (Å²) in [5.41, 5.74) is 0.735. The smallest absolute Gasteiger partial charge is 0.322 e. The van der Waals surface area contributed by atoms with Crippen LogP contribution in [-0.4, -0.2) is 88.5 Å². The van der Waals surface area contributed by atoms with Gasteiger partial charge in [0.2, 0.25) is 0 Å². The first-order valence-corrected chi connectivity index (χ1v) is 18.4. The van der Waals surface area contributed by atoms with E-state index in [0.29, 0.717) is 18.5 Å². The van der Waals surface area contributed by atoms with Gasteiger partial charge in [-0.1, -0.05) is 18.2 Å². The molecule has 0 bridgehead atoms. The number of hydrogen-bond donors (Lipinski definition) is 2. The first-order chi connectivity index (χ1) is 18.9. The third kappa shape index (κ3) is 8.45. The minimum absolute atomic E-state index is 0.0314. The van der Waals surface area contributed by atoms with Gasteiger partial charge in [0.25, 0.3) is 5.91 Å². The van der Waals surface area contributed by atoms with Crippen molar-refractivity contribution in [1.29, 1.82) is 0 Å². The molecule has 1 aromatic rings. The standard InChI is InChI=1S/C24H42N4O9P2S/c1-6-34-38(30,35-7-2)23(39(31,36-8-3)37-9-4)17-28(18-27-25)24(29)21-13-11-10-12-19(21)20-14-15-26-16-22(20)40(5,32)33/h10-13,18,20,22-23,26H,6-9,14-17,25H2,1-5H3. The maximum absolute atomic E-state index is 14.0. The Bertz CT molecular complexity index is 1160. The Morgan fingerprint density at radius 2 is 1.60 bits per heavy atom. The van der Waals surface area contributed by atoms with E-state index < -0.39 is 54.0 Å². The van der Waals surface area contributed by atoms with E-state index in [1.807, 2.05) is 0 Å². The number of amides is 1. The number of rotatable bonds is 16. The van der Waals surface area contributed by atoms with Gasteiger partial charge in [-0.2, -0.15) is 5.10 Å². The molecule has 2 unspecified atom stereocenters. The van der Waals surface area contributed by atoms with E-state index in [-0.39, 0.29) is 38.5 Å². The number of carbonyl (C=O) groups excluding carboxylic acids is 1. The summed E-state index contributed by atoms with van der Waals surface area (Å²) < 4.78 is 75.3. The number of sulfone groups is 1. The molecule has 1 aromatic carbocycles. The van der Waals surface area contributed by atoms with Crippen LogP contribution in [0.5, 0.6) is 0 Å². The fourth-order valence-electron chi connectivity index (χ4n) is 4.76. The molecular formula is C24H42N4O9P2S. The summed E-state index contributed by atoms with van der Waals surface area (Å²) in [6.45, 7) is 6.62. The van der Waals surface area contributed by atoms with Crippen LogP contribution < -0.4 is 11.2 Å². The van der Waals surface area contributed by atoms with Gasteiger partial charge >= 0.3 is 15.2 Å². The molecule has 1 aliphatic rings. The topological polar surface area (TPSA) is 176 Å². The summed E-state index contributed by atoms with van der Waals surface area (Å²) in [7, 11) is -11.8. The van der Waals surface area contributed by atoms with Crippen molar-refractivity contribution >= 4 is 37.3 Å². The van der Waals surface area contributed by atoms with Gasteiger partial charge in [0, 0.05) is 24.3 Å². The summed E-state index contributed by atoms with van der Waals surface area (Å²) in [6.07, 6.45) is 2.69. The van der Waals surface area contributed by atoms with Gasteiger partial charge in [-0.25, -0.2) is 8.42 Å². The largest absolute Gasteiger partial charge is 0.347 e. The van der Waals surface area contributed by atoms with Crippen molar-refractivity contribution in [2.24, 2.45) is 10.9 Å². The van der Waals surface area contributed by atoms with Crippen molar-refractivity contribution in [3.63, 3.8) is 0 Å². The fraction of sp³-hybridized carbons (Fsp3) is 0.667. The summed E-state index contributed by atoms with van der Waals surface area (Å²) in [5.74, 6) is 4.37. The zero-order chi connectivity index (χ0) is 30.0. The van der Waals surface area contributed by atoms with Crippen LogP contribution in [0.4, 0.5) is 0 Å². The molecule has 0 spiro atoms. The first-order valence-electron chi connectivity index (χ1n) is 13.2. The minimum atomic E-state index is -4.19. The quantitative estimate of drug-likeness (QED) is 0.0906. The molecule has 2 atom stereocenters. The highest BCUT2D eigenvalue weighted by Crippen LogP contribution is 2.70. The molecule has 228 valence electrons. The molecule has 1 heterocycles. The lowest BCUT2D eigenvalue weighted by Crippen LogP contribution is -2.44. The van der Waals surface area contributed by atoms with Crippen molar-refractivity contribution in [3.8, 4) is 0 Å². The van der Waals surface area contributed by atoms with Crippen LogP contribution in [0, 0.1) is 0 Å². The van der Waals surface area contributed by atoms with E-state index in [9.17, 15) is 22.3 Å². The van der Waals surface area contributed by atoms with Gasteiger partial charge < -0.3 is 29.3 Å². The van der Waals surface area contributed by atoms with Crippen molar-refractivity contribution in [2.75, 3.05) is 52.3 Å². The molecule has 0 aromatic heterocycles. The number of nitrogens with zero attached hydrogens (tertiary/aromatic N) is 2. The zero-order valence-electron chi connectivity index (χ0n) is 23.7. The van der Waals surface area contributed by atoms with Crippen LogP contribution in [0.3, 0.4) is 0 Å². The van der Waals surface area contributed by atoms with E-state index in [2.05, 4.69) is 10.4 Å². The maximum Gasteiger partial charge on any atom is 0.347 e. The van der Waals surface area contributed by atoms with E-state index in [1.54, 1.807) is 52.0 Å². The lowest BCUT2D eigenvalue weighted by molar-refractivity contribution is 0.0849. The van der Waals surface area contributed by atoms with Gasteiger partial charge in [0.05, 0.1) is 38.2 Å².